The number of rotatable bonds is 5. The fraction of sp³-hybridized carbons (Fsp3) is 0.579. The summed E-state index contributed by atoms with van der Waals surface area (Å²) in [5.41, 5.74) is 0.650. The van der Waals surface area contributed by atoms with Gasteiger partial charge in [0, 0.05) is 20.0 Å². The van der Waals surface area contributed by atoms with Gasteiger partial charge in [0.1, 0.15) is 12.3 Å². The summed E-state index contributed by atoms with van der Waals surface area (Å²) in [6, 6.07) is 7.38. The minimum Gasteiger partial charge on any atom is -0.489 e. The van der Waals surface area contributed by atoms with Crippen molar-refractivity contribution in [1.82, 2.24) is 4.90 Å². The van der Waals surface area contributed by atoms with E-state index < -0.39 is 0 Å². The number of likely N-dealkylation sites (tertiary alicyclic amines) is 1. The van der Waals surface area contributed by atoms with Crippen LogP contribution in [0.4, 0.5) is 5.69 Å². The fourth-order valence-electron chi connectivity index (χ4n) is 3.05. The first-order chi connectivity index (χ1) is 11.4. The number of benzene rings is 1. The molecule has 5 nitrogen and oxygen atoms in total. The lowest BCUT2D eigenvalue weighted by Crippen LogP contribution is -2.46. The number of carbonyl (C=O) groups is 2. The summed E-state index contributed by atoms with van der Waals surface area (Å²) in [6.07, 6.45) is 2.18. The minimum atomic E-state index is -0.159. The first-order valence-corrected chi connectivity index (χ1v) is 8.70. The molecule has 2 rings (SSSR count). The molecule has 1 fully saturated rings. The van der Waals surface area contributed by atoms with Crippen molar-refractivity contribution >= 4 is 17.5 Å². The number of hydrogen-bond acceptors (Lipinski definition) is 3. The molecule has 0 spiro atoms. The summed E-state index contributed by atoms with van der Waals surface area (Å²) in [7, 11) is 0. The van der Waals surface area contributed by atoms with Crippen molar-refractivity contribution in [3.05, 3.63) is 24.3 Å². The van der Waals surface area contributed by atoms with Crippen molar-refractivity contribution in [2.24, 2.45) is 5.92 Å². The van der Waals surface area contributed by atoms with Crippen molar-refractivity contribution < 1.29 is 14.3 Å². The van der Waals surface area contributed by atoms with Crippen molar-refractivity contribution in [2.45, 2.75) is 46.6 Å². The van der Waals surface area contributed by atoms with E-state index in [1.807, 2.05) is 43.0 Å². The zero-order chi connectivity index (χ0) is 17.7. The highest BCUT2D eigenvalue weighted by Crippen LogP contribution is 2.29. The normalized spacial score (nSPS) is 17.7. The number of amides is 2. The molecule has 0 N–H and O–H groups in total. The van der Waals surface area contributed by atoms with Gasteiger partial charge in [0.25, 0.3) is 0 Å². The first kappa shape index (κ1) is 18.3. The van der Waals surface area contributed by atoms with Crippen LogP contribution < -0.4 is 9.64 Å². The van der Waals surface area contributed by atoms with Crippen LogP contribution in [0.3, 0.4) is 0 Å². The molecule has 1 aliphatic heterocycles. The molecule has 1 unspecified atom stereocenters. The quantitative estimate of drug-likeness (QED) is 0.832. The monoisotopic (exact) mass is 332 g/mol. The molecule has 1 atom stereocenters. The molecule has 0 saturated carbocycles. The summed E-state index contributed by atoms with van der Waals surface area (Å²) in [4.78, 5) is 28.2. The second-order valence-corrected chi connectivity index (χ2v) is 6.83. The van der Waals surface area contributed by atoms with Gasteiger partial charge in [-0.2, -0.15) is 0 Å². The Kier molecular flexibility index (Phi) is 6.23. The summed E-state index contributed by atoms with van der Waals surface area (Å²) in [6.45, 7) is 9.13. The molecule has 132 valence electrons. The molecule has 0 aromatic heterocycles. The number of ether oxygens (including phenoxy) is 1. The molecular weight excluding hydrogens is 304 g/mol. The van der Waals surface area contributed by atoms with Gasteiger partial charge in [-0.1, -0.05) is 19.1 Å². The second-order valence-electron chi connectivity index (χ2n) is 6.83. The molecule has 1 heterocycles. The fourth-order valence-corrected chi connectivity index (χ4v) is 3.05. The van der Waals surface area contributed by atoms with E-state index in [1.165, 1.54) is 11.8 Å². The lowest BCUT2D eigenvalue weighted by atomic mass is 10.0. The second kappa shape index (κ2) is 8.18. The van der Waals surface area contributed by atoms with E-state index in [2.05, 4.69) is 6.92 Å². The number of nitrogens with zero attached hydrogens (tertiary/aromatic N) is 2. The van der Waals surface area contributed by atoms with Crippen LogP contribution in [-0.4, -0.2) is 42.5 Å². The largest absolute Gasteiger partial charge is 0.489 e. The lowest BCUT2D eigenvalue weighted by Gasteiger charge is -2.33. The summed E-state index contributed by atoms with van der Waals surface area (Å²) >= 11 is 0. The highest BCUT2D eigenvalue weighted by atomic mass is 16.5. The maximum Gasteiger partial charge on any atom is 0.242 e. The topological polar surface area (TPSA) is 49.9 Å². The number of carbonyl (C=O) groups excluding carboxylic acids is 2. The van der Waals surface area contributed by atoms with E-state index in [9.17, 15) is 9.59 Å². The van der Waals surface area contributed by atoms with Crippen LogP contribution in [-0.2, 0) is 9.59 Å². The Morgan fingerprint density at radius 1 is 1.33 bits per heavy atom. The number of hydrogen-bond donors (Lipinski definition) is 0. The maximum atomic E-state index is 12.7. The Morgan fingerprint density at radius 2 is 2.04 bits per heavy atom. The Morgan fingerprint density at radius 3 is 2.67 bits per heavy atom. The predicted octanol–water partition coefficient (Wildman–Crippen LogP) is 3.09. The number of para-hydroxylation sites is 2. The maximum absolute atomic E-state index is 12.7. The first-order valence-electron chi connectivity index (χ1n) is 8.70. The lowest BCUT2D eigenvalue weighted by molar-refractivity contribution is -0.132. The summed E-state index contributed by atoms with van der Waals surface area (Å²) in [5, 5.41) is 0. The van der Waals surface area contributed by atoms with Crippen LogP contribution in [0, 0.1) is 5.92 Å². The van der Waals surface area contributed by atoms with Crippen LogP contribution in [0.5, 0.6) is 5.75 Å². The van der Waals surface area contributed by atoms with Gasteiger partial charge in [0.15, 0.2) is 0 Å². The molecule has 5 heteroatoms. The van der Waals surface area contributed by atoms with Crippen molar-refractivity contribution in [3.63, 3.8) is 0 Å². The van der Waals surface area contributed by atoms with Gasteiger partial charge in [-0.15, -0.1) is 0 Å². The van der Waals surface area contributed by atoms with E-state index >= 15 is 0 Å². The Balaban J connectivity index is 2.18. The zero-order valence-electron chi connectivity index (χ0n) is 15.1. The molecule has 0 bridgehead atoms. The summed E-state index contributed by atoms with van der Waals surface area (Å²) in [5.74, 6) is 0.983. The molecular formula is C19H28N2O3. The molecule has 24 heavy (non-hydrogen) atoms. The highest BCUT2D eigenvalue weighted by molar-refractivity contribution is 5.98. The Bertz CT molecular complexity index is 586. The van der Waals surface area contributed by atoms with Crippen LogP contribution in [0.15, 0.2) is 24.3 Å². The van der Waals surface area contributed by atoms with Crippen molar-refractivity contribution in [2.75, 3.05) is 24.5 Å². The van der Waals surface area contributed by atoms with Gasteiger partial charge in [-0.3, -0.25) is 14.5 Å². The van der Waals surface area contributed by atoms with E-state index in [4.69, 9.17) is 4.74 Å². The highest BCUT2D eigenvalue weighted by Gasteiger charge is 2.25. The SMILES string of the molecule is CC(=O)N(CC(=O)N1CCCC(C)C1)c1ccccc1OC(C)C. The molecule has 0 aliphatic carbocycles. The molecule has 0 radical (unpaired) electrons. The van der Waals surface area contributed by atoms with E-state index in [0.29, 0.717) is 17.4 Å². The number of piperidine rings is 1. The van der Waals surface area contributed by atoms with Gasteiger partial charge in [-0.25, -0.2) is 0 Å². The van der Waals surface area contributed by atoms with E-state index in [1.54, 1.807) is 0 Å². The molecule has 1 saturated heterocycles. The molecule has 1 aromatic rings. The van der Waals surface area contributed by atoms with Crippen molar-refractivity contribution in [1.29, 1.82) is 0 Å². The Hall–Kier alpha value is -2.04. The summed E-state index contributed by atoms with van der Waals surface area (Å²) < 4.78 is 5.80. The Labute approximate surface area is 144 Å². The van der Waals surface area contributed by atoms with Crippen LogP contribution >= 0.6 is 0 Å². The third kappa shape index (κ3) is 4.73. The van der Waals surface area contributed by atoms with Gasteiger partial charge < -0.3 is 9.64 Å². The smallest absolute Gasteiger partial charge is 0.242 e. The van der Waals surface area contributed by atoms with Crippen LogP contribution in [0.25, 0.3) is 0 Å². The van der Waals surface area contributed by atoms with Crippen LogP contribution in [0.2, 0.25) is 0 Å². The van der Waals surface area contributed by atoms with Crippen LogP contribution in [0.1, 0.15) is 40.5 Å². The molecule has 2 amide bonds. The molecule has 1 aliphatic rings. The van der Waals surface area contributed by atoms with Gasteiger partial charge in [0.2, 0.25) is 11.8 Å². The van der Waals surface area contributed by atoms with Gasteiger partial charge in [-0.05, 0) is 44.7 Å². The molecule has 1 aromatic carbocycles. The third-order valence-corrected chi connectivity index (χ3v) is 4.20. The average Bonchev–Trinajstić information content (AvgIpc) is 2.52. The minimum absolute atomic E-state index is 0.00129. The van der Waals surface area contributed by atoms with Gasteiger partial charge in [0.05, 0.1) is 11.8 Å². The third-order valence-electron chi connectivity index (χ3n) is 4.20. The zero-order valence-corrected chi connectivity index (χ0v) is 15.1. The van der Waals surface area contributed by atoms with Crippen molar-refractivity contribution in [3.8, 4) is 5.75 Å². The standard InChI is InChI=1S/C19H28N2O3/c1-14(2)24-18-10-6-5-9-17(18)21(16(4)22)13-19(23)20-11-7-8-15(3)12-20/h5-6,9-10,14-15H,7-8,11-13H2,1-4H3. The van der Waals surface area contributed by atoms with Gasteiger partial charge >= 0.3 is 0 Å². The van der Waals surface area contributed by atoms with E-state index in [0.717, 1.165) is 25.9 Å². The average molecular weight is 332 g/mol. The van der Waals surface area contributed by atoms with E-state index in [-0.39, 0.29) is 24.5 Å². The predicted molar refractivity (Wildman–Crippen MR) is 95.2 cm³/mol. The number of anilines is 1.